The smallest absolute Gasteiger partial charge is 0.141 e. The highest BCUT2D eigenvalue weighted by atomic mass is 79.9. The number of nitrogens with zero attached hydrogens (tertiary/aromatic N) is 1. The normalized spacial score (nSPS) is 11.1. The summed E-state index contributed by atoms with van der Waals surface area (Å²) in [6.07, 6.45) is 0. The van der Waals surface area contributed by atoms with E-state index in [1.54, 1.807) is 30.3 Å². The molecule has 0 fully saturated rings. The summed E-state index contributed by atoms with van der Waals surface area (Å²) in [5, 5.41) is 0.595. The monoisotopic (exact) mass is 324 g/mol. The molecule has 2 aromatic carbocycles. The van der Waals surface area contributed by atoms with Gasteiger partial charge in [-0.05, 0) is 40.2 Å². The molecule has 0 aliphatic carbocycles. The third-order valence-electron chi connectivity index (χ3n) is 2.63. The number of rotatable bonds is 1. The van der Waals surface area contributed by atoms with Crippen molar-refractivity contribution in [1.82, 2.24) is 9.97 Å². The second kappa shape index (κ2) is 4.37. The van der Waals surface area contributed by atoms with E-state index >= 15 is 0 Å². The van der Waals surface area contributed by atoms with Crippen LogP contribution in [0.3, 0.4) is 0 Å². The Morgan fingerprint density at radius 3 is 2.78 bits per heavy atom. The summed E-state index contributed by atoms with van der Waals surface area (Å²) in [5.74, 6) is 0.185. The van der Waals surface area contributed by atoms with Gasteiger partial charge in [-0.2, -0.15) is 0 Å². The van der Waals surface area contributed by atoms with E-state index in [4.69, 9.17) is 11.6 Å². The molecule has 5 heteroatoms. The van der Waals surface area contributed by atoms with Gasteiger partial charge in [0.25, 0.3) is 0 Å². The number of fused-ring (bicyclic) bond motifs is 1. The van der Waals surface area contributed by atoms with Gasteiger partial charge >= 0.3 is 0 Å². The largest absolute Gasteiger partial charge is 0.338 e. The van der Waals surface area contributed by atoms with Gasteiger partial charge < -0.3 is 4.98 Å². The first-order valence-electron chi connectivity index (χ1n) is 5.25. The molecule has 0 amide bonds. The minimum Gasteiger partial charge on any atom is -0.338 e. The molecular weight excluding hydrogens is 319 g/mol. The molecule has 0 aliphatic rings. The van der Waals surface area contributed by atoms with Gasteiger partial charge in [-0.3, -0.25) is 0 Å². The molecule has 0 radical (unpaired) electrons. The summed E-state index contributed by atoms with van der Waals surface area (Å²) >= 11 is 9.35. The van der Waals surface area contributed by atoms with Crippen molar-refractivity contribution < 1.29 is 4.39 Å². The SMILES string of the molecule is Fc1ccccc1-c1nc2c(Br)cc(Cl)cc2[nH]1. The highest BCUT2D eigenvalue weighted by Crippen LogP contribution is 2.29. The number of aromatic nitrogens is 2. The Morgan fingerprint density at radius 2 is 2.00 bits per heavy atom. The number of hydrogen-bond acceptors (Lipinski definition) is 1. The molecule has 18 heavy (non-hydrogen) atoms. The van der Waals surface area contributed by atoms with Crippen LogP contribution in [0.2, 0.25) is 5.02 Å². The van der Waals surface area contributed by atoms with E-state index in [0.29, 0.717) is 16.4 Å². The minimum absolute atomic E-state index is 0.307. The van der Waals surface area contributed by atoms with E-state index < -0.39 is 0 Å². The highest BCUT2D eigenvalue weighted by molar-refractivity contribution is 9.10. The number of nitrogens with one attached hydrogen (secondary N) is 1. The first-order valence-corrected chi connectivity index (χ1v) is 6.42. The van der Waals surface area contributed by atoms with Crippen molar-refractivity contribution in [2.24, 2.45) is 0 Å². The standard InChI is InChI=1S/C13H7BrClFN2/c14-9-5-7(15)6-11-12(9)18-13(17-11)8-3-1-2-4-10(8)16/h1-6H,(H,17,18). The Bertz CT molecular complexity index is 739. The average Bonchev–Trinajstić information content (AvgIpc) is 2.73. The van der Waals surface area contributed by atoms with Crippen LogP contribution in [-0.4, -0.2) is 9.97 Å². The van der Waals surface area contributed by atoms with Crippen LogP contribution in [0.1, 0.15) is 0 Å². The summed E-state index contributed by atoms with van der Waals surface area (Å²) in [4.78, 5) is 7.45. The van der Waals surface area contributed by atoms with Crippen molar-refractivity contribution in [3.63, 3.8) is 0 Å². The fraction of sp³-hybridized carbons (Fsp3) is 0. The molecule has 0 spiro atoms. The van der Waals surface area contributed by atoms with Crippen LogP contribution >= 0.6 is 27.5 Å². The molecule has 0 saturated carbocycles. The zero-order chi connectivity index (χ0) is 12.7. The molecular formula is C13H7BrClFN2. The molecule has 0 unspecified atom stereocenters. The molecule has 2 nitrogen and oxygen atoms in total. The van der Waals surface area contributed by atoms with Crippen LogP contribution in [0.25, 0.3) is 22.4 Å². The molecule has 0 aliphatic heterocycles. The molecule has 0 saturated heterocycles. The molecule has 1 heterocycles. The van der Waals surface area contributed by atoms with Crippen LogP contribution in [0.15, 0.2) is 40.9 Å². The summed E-state index contributed by atoms with van der Waals surface area (Å²) in [7, 11) is 0. The van der Waals surface area contributed by atoms with Gasteiger partial charge in [0.15, 0.2) is 0 Å². The second-order valence-corrected chi connectivity index (χ2v) is 5.14. The number of halogens is 3. The molecule has 3 aromatic rings. The van der Waals surface area contributed by atoms with Gasteiger partial charge in [0, 0.05) is 9.50 Å². The van der Waals surface area contributed by atoms with E-state index in [1.165, 1.54) is 6.07 Å². The number of imidazole rings is 1. The topological polar surface area (TPSA) is 28.7 Å². The van der Waals surface area contributed by atoms with Crippen LogP contribution in [0.4, 0.5) is 4.39 Å². The summed E-state index contributed by atoms with van der Waals surface area (Å²) in [6.45, 7) is 0. The Hall–Kier alpha value is -1.39. The lowest BCUT2D eigenvalue weighted by molar-refractivity contribution is 0.630. The number of benzene rings is 2. The predicted octanol–water partition coefficient (Wildman–Crippen LogP) is 4.78. The maximum absolute atomic E-state index is 13.7. The van der Waals surface area contributed by atoms with Crippen LogP contribution in [-0.2, 0) is 0 Å². The fourth-order valence-electron chi connectivity index (χ4n) is 1.82. The third-order valence-corrected chi connectivity index (χ3v) is 3.46. The maximum Gasteiger partial charge on any atom is 0.141 e. The fourth-order valence-corrected chi connectivity index (χ4v) is 2.72. The third kappa shape index (κ3) is 1.91. The quantitative estimate of drug-likeness (QED) is 0.685. The predicted molar refractivity (Wildman–Crippen MR) is 74.2 cm³/mol. The second-order valence-electron chi connectivity index (χ2n) is 3.85. The molecule has 1 N–H and O–H groups in total. The number of aromatic amines is 1. The van der Waals surface area contributed by atoms with Gasteiger partial charge in [0.2, 0.25) is 0 Å². The van der Waals surface area contributed by atoms with Crippen LogP contribution < -0.4 is 0 Å². The lowest BCUT2D eigenvalue weighted by Crippen LogP contribution is -1.84. The lowest BCUT2D eigenvalue weighted by Gasteiger charge is -1.96. The van der Waals surface area contributed by atoms with Crippen LogP contribution in [0.5, 0.6) is 0 Å². The van der Waals surface area contributed by atoms with Gasteiger partial charge in [-0.1, -0.05) is 23.7 Å². The maximum atomic E-state index is 13.7. The molecule has 0 bridgehead atoms. The number of hydrogen-bond donors (Lipinski definition) is 1. The van der Waals surface area contributed by atoms with Crippen LogP contribution in [0, 0.1) is 5.82 Å². The van der Waals surface area contributed by atoms with Crippen molar-refractivity contribution in [2.45, 2.75) is 0 Å². The van der Waals surface area contributed by atoms with Crippen molar-refractivity contribution in [1.29, 1.82) is 0 Å². The van der Waals surface area contributed by atoms with Gasteiger partial charge in [-0.15, -0.1) is 0 Å². The Labute approximate surface area is 116 Å². The zero-order valence-electron chi connectivity index (χ0n) is 9.05. The van der Waals surface area contributed by atoms with Crippen molar-refractivity contribution in [3.8, 4) is 11.4 Å². The average molecular weight is 326 g/mol. The number of H-pyrrole nitrogens is 1. The van der Waals surface area contributed by atoms with Crippen molar-refractivity contribution in [2.75, 3.05) is 0 Å². The van der Waals surface area contributed by atoms with E-state index in [9.17, 15) is 4.39 Å². The molecule has 0 atom stereocenters. The Kier molecular flexibility index (Phi) is 2.84. The zero-order valence-corrected chi connectivity index (χ0v) is 11.4. The van der Waals surface area contributed by atoms with Crippen molar-refractivity contribution >= 4 is 38.6 Å². The van der Waals surface area contributed by atoms with Gasteiger partial charge in [-0.25, -0.2) is 9.37 Å². The first kappa shape index (κ1) is 11.7. The molecule has 90 valence electrons. The first-order chi connectivity index (χ1) is 8.65. The van der Waals surface area contributed by atoms with Gasteiger partial charge in [0.05, 0.1) is 11.1 Å². The molecule has 3 rings (SSSR count). The van der Waals surface area contributed by atoms with E-state index in [2.05, 4.69) is 25.9 Å². The van der Waals surface area contributed by atoms with E-state index in [0.717, 1.165) is 15.5 Å². The van der Waals surface area contributed by atoms with E-state index in [-0.39, 0.29) is 5.82 Å². The summed E-state index contributed by atoms with van der Waals surface area (Å²) in [5.41, 5.74) is 1.95. The summed E-state index contributed by atoms with van der Waals surface area (Å²) in [6, 6.07) is 10.0. The Morgan fingerprint density at radius 1 is 1.22 bits per heavy atom. The van der Waals surface area contributed by atoms with E-state index in [1.807, 2.05) is 0 Å². The minimum atomic E-state index is -0.307. The summed E-state index contributed by atoms with van der Waals surface area (Å²) < 4.78 is 14.5. The van der Waals surface area contributed by atoms with Crippen molar-refractivity contribution in [3.05, 3.63) is 51.7 Å². The highest BCUT2D eigenvalue weighted by Gasteiger charge is 2.11. The Balaban J connectivity index is 2.26. The lowest BCUT2D eigenvalue weighted by atomic mass is 10.2. The van der Waals surface area contributed by atoms with Gasteiger partial charge in [0.1, 0.15) is 17.2 Å². The molecule has 1 aromatic heterocycles.